The number of unbranched alkanes of at least 4 members (excludes halogenated alkanes) is 3. The van der Waals surface area contributed by atoms with Gasteiger partial charge in [0, 0.05) is 12.8 Å². The quantitative estimate of drug-likeness (QED) is 0.368. The molecule has 0 saturated carbocycles. The maximum atomic E-state index is 13.1. The van der Waals surface area contributed by atoms with Crippen LogP contribution < -0.4 is 10.2 Å². The second-order valence-electron chi connectivity index (χ2n) is 6.49. The predicted octanol–water partition coefficient (Wildman–Crippen LogP) is 3.20. The Morgan fingerprint density at radius 1 is 1.31 bits per heavy atom. The summed E-state index contributed by atoms with van der Waals surface area (Å²) in [5, 5.41) is 8.26. The van der Waals surface area contributed by atoms with Crippen molar-refractivity contribution < 1.29 is 23.7 Å². The van der Waals surface area contributed by atoms with Gasteiger partial charge in [-0.3, -0.25) is 14.2 Å². The van der Waals surface area contributed by atoms with Crippen LogP contribution in [0.4, 0.5) is 0 Å². The number of hydroxylamine groups is 1. The standard InChI is InChI=1S/C19H29NO5S/c1-2-3-4-5-10-18(19(21)20-22)26(23)17-9-7-6-8-16(17)25-15-11-13-24-14-12-15/h6-9,15,18,22H,2-5,10-14H2,1H3,(H,20,21). The van der Waals surface area contributed by atoms with Crippen molar-refractivity contribution in [3.8, 4) is 5.75 Å². The van der Waals surface area contributed by atoms with E-state index in [1.165, 1.54) is 0 Å². The van der Waals surface area contributed by atoms with Crippen LogP contribution in [0.5, 0.6) is 5.75 Å². The fourth-order valence-electron chi connectivity index (χ4n) is 3.00. The van der Waals surface area contributed by atoms with Crippen LogP contribution in [0.1, 0.15) is 51.9 Å². The highest BCUT2D eigenvalue weighted by Crippen LogP contribution is 2.28. The molecule has 1 aliphatic heterocycles. The Morgan fingerprint density at radius 2 is 2.04 bits per heavy atom. The van der Waals surface area contributed by atoms with Crippen LogP contribution in [0.3, 0.4) is 0 Å². The molecule has 2 rings (SSSR count). The van der Waals surface area contributed by atoms with E-state index in [9.17, 15) is 9.00 Å². The summed E-state index contributed by atoms with van der Waals surface area (Å²) in [4.78, 5) is 12.6. The van der Waals surface area contributed by atoms with E-state index in [-0.39, 0.29) is 6.10 Å². The van der Waals surface area contributed by atoms with Gasteiger partial charge in [-0.05, 0) is 18.6 Å². The average Bonchev–Trinajstić information content (AvgIpc) is 2.68. The van der Waals surface area contributed by atoms with Gasteiger partial charge in [0.15, 0.2) is 0 Å². The third-order valence-electron chi connectivity index (χ3n) is 4.51. The van der Waals surface area contributed by atoms with Crippen LogP contribution in [0.15, 0.2) is 29.2 Å². The highest BCUT2D eigenvalue weighted by Gasteiger charge is 2.28. The predicted molar refractivity (Wildman–Crippen MR) is 99.8 cm³/mol. The van der Waals surface area contributed by atoms with Crippen molar-refractivity contribution >= 4 is 16.7 Å². The first-order chi connectivity index (χ1) is 12.7. The zero-order valence-corrected chi connectivity index (χ0v) is 16.1. The van der Waals surface area contributed by atoms with E-state index in [0.29, 0.717) is 30.3 Å². The fourth-order valence-corrected chi connectivity index (χ4v) is 4.47. The molecule has 1 fully saturated rings. The maximum Gasteiger partial charge on any atom is 0.259 e. The number of ether oxygens (including phenoxy) is 2. The minimum atomic E-state index is -1.60. The molecule has 1 amide bonds. The number of rotatable bonds is 10. The third kappa shape index (κ3) is 6.07. The number of benzene rings is 1. The molecule has 1 heterocycles. The molecule has 7 heteroatoms. The lowest BCUT2D eigenvalue weighted by Crippen LogP contribution is -2.36. The Labute approximate surface area is 157 Å². The van der Waals surface area contributed by atoms with E-state index in [1.807, 2.05) is 6.07 Å². The van der Waals surface area contributed by atoms with Gasteiger partial charge in [0.25, 0.3) is 5.91 Å². The summed E-state index contributed by atoms with van der Waals surface area (Å²) < 4.78 is 24.5. The Morgan fingerprint density at radius 3 is 2.73 bits per heavy atom. The summed E-state index contributed by atoms with van der Waals surface area (Å²) in [5.74, 6) is -0.0669. The lowest BCUT2D eigenvalue weighted by Gasteiger charge is -2.25. The van der Waals surface area contributed by atoms with Gasteiger partial charge in [0.1, 0.15) is 17.1 Å². The SMILES string of the molecule is CCCCCCC(C(=O)NO)S(=O)c1ccccc1OC1CCOCC1. The van der Waals surface area contributed by atoms with Crippen LogP contribution in [0, 0.1) is 0 Å². The van der Waals surface area contributed by atoms with Crippen molar-refractivity contribution in [3.63, 3.8) is 0 Å². The lowest BCUT2D eigenvalue weighted by molar-refractivity contribution is -0.128. The number of hydrogen-bond donors (Lipinski definition) is 2. The van der Waals surface area contributed by atoms with Crippen LogP contribution in [0.2, 0.25) is 0 Å². The topological polar surface area (TPSA) is 84.9 Å². The van der Waals surface area contributed by atoms with Crippen LogP contribution in [-0.4, -0.2) is 39.9 Å². The van der Waals surface area contributed by atoms with Gasteiger partial charge in [-0.1, -0.05) is 44.7 Å². The summed E-state index contributed by atoms with van der Waals surface area (Å²) in [6.45, 7) is 3.42. The summed E-state index contributed by atoms with van der Waals surface area (Å²) in [6, 6.07) is 7.13. The minimum Gasteiger partial charge on any atom is -0.489 e. The fraction of sp³-hybridized carbons (Fsp3) is 0.632. The molecule has 26 heavy (non-hydrogen) atoms. The normalized spacial score (nSPS) is 17.5. The number of amides is 1. The molecular weight excluding hydrogens is 354 g/mol. The maximum absolute atomic E-state index is 13.1. The molecule has 1 saturated heterocycles. The third-order valence-corrected chi connectivity index (χ3v) is 6.25. The van der Waals surface area contributed by atoms with Crippen molar-refractivity contribution in [1.29, 1.82) is 0 Å². The number of para-hydroxylation sites is 1. The summed E-state index contributed by atoms with van der Waals surface area (Å²) in [7, 11) is -1.60. The van der Waals surface area contributed by atoms with Gasteiger partial charge in [-0.15, -0.1) is 0 Å². The molecular formula is C19H29NO5S. The number of carbonyl (C=O) groups excluding carboxylic acids is 1. The van der Waals surface area contributed by atoms with Crippen LogP contribution in [-0.2, 0) is 20.3 Å². The van der Waals surface area contributed by atoms with Crippen molar-refractivity contribution in [2.45, 2.75) is 68.1 Å². The smallest absolute Gasteiger partial charge is 0.259 e. The molecule has 1 aromatic rings. The summed E-state index contributed by atoms with van der Waals surface area (Å²) in [5.41, 5.74) is 1.67. The molecule has 146 valence electrons. The highest BCUT2D eigenvalue weighted by atomic mass is 32.2. The van der Waals surface area contributed by atoms with E-state index in [1.54, 1.807) is 23.7 Å². The Balaban J connectivity index is 2.12. The molecule has 2 unspecified atom stereocenters. The molecule has 6 nitrogen and oxygen atoms in total. The van der Waals surface area contributed by atoms with Gasteiger partial charge < -0.3 is 9.47 Å². The molecule has 2 atom stereocenters. The van der Waals surface area contributed by atoms with Crippen molar-refractivity contribution in [2.24, 2.45) is 0 Å². The van der Waals surface area contributed by atoms with Gasteiger partial charge >= 0.3 is 0 Å². The van der Waals surface area contributed by atoms with Crippen molar-refractivity contribution in [1.82, 2.24) is 5.48 Å². The van der Waals surface area contributed by atoms with Gasteiger partial charge in [-0.25, -0.2) is 5.48 Å². The second-order valence-corrected chi connectivity index (χ2v) is 8.09. The monoisotopic (exact) mass is 383 g/mol. The Hall–Kier alpha value is -1.44. The molecule has 1 aliphatic rings. The number of nitrogens with one attached hydrogen (secondary N) is 1. The average molecular weight is 384 g/mol. The molecule has 1 aromatic carbocycles. The molecule has 0 bridgehead atoms. The van der Waals surface area contributed by atoms with E-state index >= 15 is 0 Å². The van der Waals surface area contributed by atoms with Gasteiger partial charge in [0.2, 0.25) is 0 Å². The van der Waals surface area contributed by atoms with Gasteiger partial charge in [0.05, 0.1) is 28.9 Å². The first-order valence-electron chi connectivity index (χ1n) is 9.35. The summed E-state index contributed by atoms with van der Waals surface area (Å²) in [6.07, 6.45) is 5.99. The Bertz CT molecular complexity index is 589. The second kappa shape index (κ2) is 11.3. The van der Waals surface area contributed by atoms with E-state index in [0.717, 1.165) is 38.5 Å². The Kier molecular flexibility index (Phi) is 9.08. The van der Waals surface area contributed by atoms with E-state index in [2.05, 4.69) is 6.92 Å². The van der Waals surface area contributed by atoms with Gasteiger partial charge in [-0.2, -0.15) is 0 Å². The van der Waals surface area contributed by atoms with E-state index in [4.69, 9.17) is 14.7 Å². The van der Waals surface area contributed by atoms with E-state index < -0.39 is 22.0 Å². The first-order valence-corrected chi connectivity index (χ1v) is 10.6. The van der Waals surface area contributed by atoms with Crippen LogP contribution in [0.25, 0.3) is 0 Å². The van der Waals surface area contributed by atoms with Crippen molar-refractivity contribution in [2.75, 3.05) is 13.2 Å². The van der Waals surface area contributed by atoms with Crippen LogP contribution >= 0.6 is 0 Å². The summed E-state index contributed by atoms with van der Waals surface area (Å²) >= 11 is 0. The molecule has 0 spiro atoms. The number of carbonyl (C=O) groups is 1. The zero-order valence-electron chi connectivity index (χ0n) is 15.3. The molecule has 0 aromatic heterocycles. The zero-order chi connectivity index (χ0) is 18.8. The molecule has 0 aliphatic carbocycles. The minimum absolute atomic E-state index is 0.0246. The first kappa shape index (κ1) is 20.9. The van der Waals surface area contributed by atoms with Crippen molar-refractivity contribution in [3.05, 3.63) is 24.3 Å². The highest BCUT2D eigenvalue weighted by molar-refractivity contribution is 7.86. The molecule has 0 radical (unpaired) electrons. The lowest BCUT2D eigenvalue weighted by atomic mass is 10.1. The number of hydrogen-bond acceptors (Lipinski definition) is 5. The molecule has 2 N–H and O–H groups in total. The largest absolute Gasteiger partial charge is 0.489 e.